The first-order chi connectivity index (χ1) is 12.4. The molecule has 0 spiro atoms. The number of nitrogens with one attached hydrogen (secondary N) is 1. The van der Waals surface area contributed by atoms with Crippen LogP contribution < -0.4 is 5.32 Å². The van der Waals surface area contributed by atoms with Gasteiger partial charge in [-0.25, -0.2) is 0 Å². The van der Waals surface area contributed by atoms with Crippen LogP contribution in [0.3, 0.4) is 0 Å². The zero-order valence-electron chi connectivity index (χ0n) is 14.7. The maximum atomic E-state index is 12.8. The van der Waals surface area contributed by atoms with Gasteiger partial charge in [0, 0.05) is 30.8 Å². The van der Waals surface area contributed by atoms with Crippen molar-refractivity contribution >= 4 is 12.1 Å². The number of aliphatic imine (C=N–C) groups is 1. The Balaban J connectivity index is 2.00. The van der Waals surface area contributed by atoms with Crippen molar-refractivity contribution in [3.8, 4) is 0 Å². The number of halogens is 3. The monoisotopic (exact) mass is 368 g/mol. The molecule has 0 aromatic heterocycles. The third-order valence-electron chi connectivity index (χ3n) is 3.98. The largest absolute Gasteiger partial charge is 0.416 e. The first-order valence-electron chi connectivity index (χ1n) is 8.66. The van der Waals surface area contributed by atoms with Crippen LogP contribution in [0.5, 0.6) is 0 Å². The van der Waals surface area contributed by atoms with Crippen LogP contribution in [0.1, 0.15) is 42.1 Å². The Morgan fingerprint density at radius 1 is 1.42 bits per heavy atom. The molecule has 2 rings (SSSR count). The molecule has 1 heterocycles. The lowest BCUT2D eigenvalue weighted by Gasteiger charge is -2.20. The van der Waals surface area contributed by atoms with Crippen LogP contribution in [-0.2, 0) is 10.9 Å². The molecule has 1 saturated heterocycles. The Kier molecular flexibility index (Phi) is 7.38. The molecule has 4 nitrogen and oxygen atoms in total. The molecule has 1 aromatic carbocycles. The van der Waals surface area contributed by atoms with Gasteiger partial charge in [-0.2, -0.15) is 13.2 Å². The van der Waals surface area contributed by atoms with Gasteiger partial charge in [-0.15, -0.1) is 0 Å². The fourth-order valence-electron chi connectivity index (χ4n) is 2.65. The summed E-state index contributed by atoms with van der Waals surface area (Å²) in [6.45, 7) is 3.97. The minimum Gasteiger partial charge on any atom is -0.381 e. The van der Waals surface area contributed by atoms with E-state index in [4.69, 9.17) is 4.74 Å². The van der Waals surface area contributed by atoms with E-state index in [9.17, 15) is 18.0 Å². The summed E-state index contributed by atoms with van der Waals surface area (Å²) < 4.78 is 43.7. The normalized spacial score (nSPS) is 18.9. The highest BCUT2D eigenvalue weighted by molar-refractivity contribution is 5.98. The molecule has 0 saturated carbocycles. The van der Waals surface area contributed by atoms with Gasteiger partial charge in [0.25, 0.3) is 5.91 Å². The lowest BCUT2D eigenvalue weighted by Crippen LogP contribution is -2.24. The van der Waals surface area contributed by atoms with Gasteiger partial charge in [0.15, 0.2) is 0 Å². The molecule has 0 radical (unpaired) electrons. The molecular formula is C19H23F3N2O2. The molecule has 1 aliphatic heterocycles. The highest BCUT2D eigenvalue weighted by Gasteiger charge is 2.30. The lowest BCUT2D eigenvalue weighted by atomic mass is 10.0. The van der Waals surface area contributed by atoms with E-state index in [1.165, 1.54) is 12.1 Å². The van der Waals surface area contributed by atoms with Gasteiger partial charge >= 0.3 is 6.18 Å². The van der Waals surface area contributed by atoms with Crippen LogP contribution in [0.4, 0.5) is 13.2 Å². The summed E-state index contributed by atoms with van der Waals surface area (Å²) in [5.41, 5.74) is -0.417. The lowest BCUT2D eigenvalue weighted by molar-refractivity contribution is -0.137. The van der Waals surface area contributed by atoms with Gasteiger partial charge in [-0.3, -0.25) is 9.79 Å². The zero-order valence-corrected chi connectivity index (χ0v) is 14.7. The Morgan fingerprint density at radius 3 is 2.88 bits per heavy atom. The predicted octanol–water partition coefficient (Wildman–Crippen LogP) is 4.23. The van der Waals surface area contributed by atoms with Crippen molar-refractivity contribution in [2.24, 2.45) is 10.9 Å². The topological polar surface area (TPSA) is 50.7 Å². The minimum atomic E-state index is -4.48. The maximum Gasteiger partial charge on any atom is 0.416 e. The first-order valence-corrected chi connectivity index (χ1v) is 8.66. The highest BCUT2D eigenvalue weighted by Crippen LogP contribution is 2.29. The summed E-state index contributed by atoms with van der Waals surface area (Å²) in [6.07, 6.45) is 1.58. The number of rotatable bonds is 6. The summed E-state index contributed by atoms with van der Waals surface area (Å²) in [4.78, 5) is 16.6. The summed E-state index contributed by atoms with van der Waals surface area (Å²) in [5.74, 6) is -0.231. The third kappa shape index (κ3) is 6.29. The number of alkyl halides is 3. The Labute approximate surface area is 151 Å². The van der Waals surface area contributed by atoms with E-state index in [0.29, 0.717) is 31.2 Å². The van der Waals surface area contributed by atoms with E-state index in [2.05, 4.69) is 10.3 Å². The smallest absolute Gasteiger partial charge is 0.381 e. The van der Waals surface area contributed by atoms with E-state index in [1.54, 1.807) is 12.3 Å². The van der Waals surface area contributed by atoms with Crippen molar-refractivity contribution in [2.45, 2.75) is 32.4 Å². The van der Waals surface area contributed by atoms with Gasteiger partial charge in [0.05, 0.1) is 17.9 Å². The van der Waals surface area contributed by atoms with Crippen molar-refractivity contribution in [1.82, 2.24) is 5.32 Å². The number of ether oxygens (including phenoxy) is 1. The zero-order chi connectivity index (χ0) is 19.0. The molecule has 1 aromatic rings. The second-order valence-corrected chi connectivity index (χ2v) is 6.18. The second kappa shape index (κ2) is 9.52. The Hall–Kier alpha value is -2.15. The Morgan fingerprint density at radius 2 is 2.23 bits per heavy atom. The number of allylic oxidation sites excluding steroid dienone is 2. The average Bonchev–Trinajstić information content (AvgIpc) is 2.62. The van der Waals surface area contributed by atoms with Gasteiger partial charge in [-0.1, -0.05) is 19.1 Å². The molecule has 1 N–H and O–H groups in total. The SMILES string of the molecule is CC/C=C(\C=NCC1CCCOC1)NC(=O)c1cccc(C(F)(F)F)c1. The second-order valence-electron chi connectivity index (χ2n) is 6.18. The molecule has 7 heteroatoms. The summed E-state index contributed by atoms with van der Waals surface area (Å²) in [6, 6.07) is 4.35. The van der Waals surface area contributed by atoms with Crippen LogP contribution >= 0.6 is 0 Å². The maximum absolute atomic E-state index is 12.8. The number of amides is 1. The number of nitrogens with zero attached hydrogens (tertiary/aromatic N) is 1. The van der Waals surface area contributed by atoms with Crippen LogP contribution in [0.2, 0.25) is 0 Å². The summed E-state index contributed by atoms with van der Waals surface area (Å²) >= 11 is 0. The van der Waals surface area contributed by atoms with Crippen molar-refractivity contribution in [2.75, 3.05) is 19.8 Å². The minimum absolute atomic E-state index is 0.0455. The summed E-state index contributed by atoms with van der Waals surface area (Å²) in [7, 11) is 0. The van der Waals surface area contributed by atoms with Crippen LogP contribution in [0.15, 0.2) is 41.0 Å². The quantitative estimate of drug-likeness (QED) is 0.764. The molecular weight excluding hydrogens is 345 g/mol. The van der Waals surface area contributed by atoms with Gasteiger partial charge in [-0.05, 0) is 37.5 Å². The average molecular weight is 368 g/mol. The van der Waals surface area contributed by atoms with Gasteiger partial charge < -0.3 is 10.1 Å². The third-order valence-corrected chi connectivity index (χ3v) is 3.98. The van der Waals surface area contributed by atoms with Crippen LogP contribution in [-0.4, -0.2) is 31.9 Å². The molecule has 142 valence electrons. The molecule has 1 fully saturated rings. The van der Waals surface area contributed by atoms with E-state index < -0.39 is 17.6 Å². The van der Waals surface area contributed by atoms with Gasteiger partial charge in [0.2, 0.25) is 0 Å². The number of hydrogen-bond acceptors (Lipinski definition) is 3. The number of carbonyl (C=O) groups is 1. The van der Waals surface area contributed by atoms with Crippen molar-refractivity contribution in [3.63, 3.8) is 0 Å². The first kappa shape index (κ1) is 20.2. The number of hydrogen-bond donors (Lipinski definition) is 1. The molecule has 1 unspecified atom stereocenters. The van der Waals surface area contributed by atoms with Crippen LogP contribution in [0, 0.1) is 5.92 Å². The van der Waals surface area contributed by atoms with E-state index >= 15 is 0 Å². The standard InChI is InChI=1S/C19H23F3N2O2/c1-2-5-17(12-23-11-14-6-4-9-26-13-14)24-18(25)15-7-3-8-16(10-15)19(20,21)22/h3,5,7-8,10,12,14H,2,4,6,9,11,13H2,1H3,(H,24,25)/b17-5+,23-12?. The van der Waals surface area contributed by atoms with E-state index in [-0.39, 0.29) is 5.56 Å². The fraction of sp³-hybridized carbons (Fsp3) is 0.474. The van der Waals surface area contributed by atoms with Crippen LogP contribution in [0.25, 0.3) is 0 Å². The van der Waals surface area contributed by atoms with E-state index in [0.717, 1.165) is 31.6 Å². The molecule has 1 aliphatic rings. The highest BCUT2D eigenvalue weighted by atomic mass is 19.4. The van der Waals surface area contributed by atoms with Crippen molar-refractivity contribution in [3.05, 3.63) is 47.2 Å². The van der Waals surface area contributed by atoms with E-state index in [1.807, 2.05) is 6.92 Å². The number of benzene rings is 1. The van der Waals surface area contributed by atoms with Gasteiger partial charge in [0.1, 0.15) is 0 Å². The Bertz CT molecular complexity index is 663. The fourth-order valence-corrected chi connectivity index (χ4v) is 2.65. The number of carbonyl (C=O) groups excluding carboxylic acids is 1. The molecule has 1 atom stereocenters. The molecule has 1 amide bonds. The molecule has 0 bridgehead atoms. The van der Waals surface area contributed by atoms with Crippen molar-refractivity contribution in [1.29, 1.82) is 0 Å². The molecule has 0 aliphatic carbocycles. The predicted molar refractivity (Wildman–Crippen MR) is 94.2 cm³/mol. The summed E-state index contributed by atoms with van der Waals surface area (Å²) in [5, 5.41) is 2.62. The van der Waals surface area contributed by atoms with Crippen molar-refractivity contribution < 1.29 is 22.7 Å². The molecule has 26 heavy (non-hydrogen) atoms.